The van der Waals surface area contributed by atoms with Crippen molar-refractivity contribution in [3.63, 3.8) is 0 Å². The molecule has 1 rings (SSSR count). The van der Waals surface area contributed by atoms with Crippen LogP contribution in [0, 0.1) is 5.41 Å². The molecule has 104 valence electrons. The van der Waals surface area contributed by atoms with E-state index in [0.717, 1.165) is 32.1 Å². The third kappa shape index (κ3) is 2.82. The van der Waals surface area contributed by atoms with Gasteiger partial charge in [0.1, 0.15) is 0 Å². The molecule has 5 heteroatoms. The Labute approximate surface area is 120 Å². The van der Waals surface area contributed by atoms with Crippen molar-refractivity contribution in [3.05, 3.63) is 0 Å². The molecule has 0 spiro atoms. The van der Waals surface area contributed by atoms with Crippen molar-refractivity contribution in [2.75, 3.05) is 12.8 Å². The third-order valence-corrected chi connectivity index (χ3v) is 6.38. The predicted octanol–water partition coefficient (Wildman–Crippen LogP) is 2.48. The molecule has 3 N–H and O–H groups in total. The van der Waals surface area contributed by atoms with Gasteiger partial charge in [-0.15, -0.1) is 0 Å². The maximum atomic E-state index is 12.3. The normalized spacial score (nSPS) is 17.9. The summed E-state index contributed by atoms with van der Waals surface area (Å²) in [6, 6.07) is 0. The molecule has 1 saturated carbocycles. The van der Waals surface area contributed by atoms with E-state index in [-0.39, 0.29) is 10.7 Å². The molecular formula is C13H24N2OS2. The maximum Gasteiger partial charge on any atom is 0.233 e. The zero-order valence-electron chi connectivity index (χ0n) is 11.5. The van der Waals surface area contributed by atoms with Crippen LogP contribution in [0.3, 0.4) is 0 Å². The Hall–Kier alpha value is -0.290. The first-order chi connectivity index (χ1) is 8.46. The fourth-order valence-electron chi connectivity index (χ4n) is 2.39. The van der Waals surface area contributed by atoms with Crippen LogP contribution in [0.4, 0.5) is 0 Å². The van der Waals surface area contributed by atoms with Crippen LogP contribution in [0.2, 0.25) is 0 Å². The summed E-state index contributed by atoms with van der Waals surface area (Å²) in [6.07, 6.45) is 6.85. The summed E-state index contributed by atoms with van der Waals surface area (Å²) < 4.78 is 0.136. The van der Waals surface area contributed by atoms with Gasteiger partial charge in [-0.05, 0) is 31.9 Å². The Kier molecular flexibility index (Phi) is 5.46. The first-order valence-electron chi connectivity index (χ1n) is 6.59. The lowest BCUT2D eigenvalue weighted by molar-refractivity contribution is -0.130. The van der Waals surface area contributed by atoms with E-state index >= 15 is 0 Å². The van der Waals surface area contributed by atoms with Gasteiger partial charge in [-0.3, -0.25) is 4.79 Å². The van der Waals surface area contributed by atoms with Crippen LogP contribution in [0.25, 0.3) is 0 Å². The molecule has 18 heavy (non-hydrogen) atoms. The summed E-state index contributed by atoms with van der Waals surface area (Å²) >= 11 is 6.89. The first kappa shape index (κ1) is 15.8. The second kappa shape index (κ2) is 6.24. The van der Waals surface area contributed by atoms with Crippen molar-refractivity contribution in [1.82, 2.24) is 5.32 Å². The number of nitrogens with one attached hydrogen (secondary N) is 1. The summed E-state index contributed by atoms with van der Waals surface area (Å²) in [6.45, 7) is 5.03. The van der Waals surface area contributed by atoms with Crippen molar-refractivity contribution in [1.29, 1.82) is 0 Å². The third-order valence-electron chi connectivity index (χ3n) is 4.41. The lowest BCUT2D eigenvalue weighted by Crippen LogP contribution is -2.55. The van der Waals surface area contributed by atoms with Gasteiger partial charge in [0, 0.05) is 11.3 Å². The second-order valence-corrected chi connectivity index (χ2v) is 6.79. The van der Waals surface area contributed by atoms with Gasteiger partial charge >= 0.3 is 0 Å². The van der Waals surface area contributed by atoms with Crippen molar-refractivity contribution in [3.8, 4) is 0 Å². The van der Waals surface area contributed by atoms with Gasteiger partial charge in [0.25, 0.3) is 0 Å². The molecule has 0 aromatic heterocycles. The number of hydrogen-bond acceptors (Lipinski definition) is 3. The van der Waals surface area contributed by atoms with Crippen LogP contribution < -0.4 is 11.1 Å². The number of rotatable bonds is 7. The molecule has 1 aliphatic rings. The van der Waals surface area contributed by atoms with E-state index < -0.39 is 5.41 Å². The fourth-order valence-corrected chi connectivity index (χ4v) is 3.48. The minimum atomic E-state index is -0.555. The van der Waals surface area contributed by atoms with E-state index in [2.05, 4.69) is 25.4 Å². The highest BCUT2D eigenvalue weighted by atomic mass is 32.2. The summed E-state index contributed by atoms with van der Waals surface area (Å²) in [5.74, 6) is 0.0292. The summed E-state index contributed by atoms with van der Waals surface area (Å²) in [5, 5.41) is 3.07. The Morgan fingerprint density at radius 3 is 2.28 bits per heavy atom. The zero-order valence-corrected chi connectivity index (χ0v) is 13.2. The second-order valence-electron chi connectivity index (χ2n) is 5.08. The average Bonchev–Trinajstić information content (AvgIpc) is 2.29. The lowest BCUT2D eigenvalue weighted by Gasteiger charge is -2.40. The largest absolute Gasteiger partial charge is 0.392 e. The molecule has 1 fully saturated rings. The van der Waals surface area contributed by atoms with Crippen LogP contribution in [0.15, 0.2) is 0 Å². The fraction of sp³-hybridized carbons (Fsp3) is 0.846. The van der Waals surface area contributed by atoms with E-state index in [1.807, 2.05) is 11.8 Å². The van der Waals surface area contributed by atoms with E-state index in [0.29, 0.717) is 11.5 Å². The summed E-state index contributed by atoms with van der Waals surface area (Å²) in [5.41, 5.74) is 5.18. The van der Waals surface area contributed by atoms with Crippen molar-refractivity contribution < 1.29 is 4.79 Å². The van der Waals surface area contributed by atoms with Crippen LogP contribution in [-0.2, 0) is 4.79 Å². The standard InChI is InChI=1S/C13H24N2OS2/c1-4-12(5-2,18-3)9-15-11(16)13(10(14)17)7-6-8-13/h4-9H2,1-3H3,(H2,14,17)(H,15,16). The SMILES string of the molecule is CCC(CC)(CNC(=O)C1(C(N)=S)CCC1)SC. The van der Waals surface area contributed by atoms with Crippen LogP contribution >= 0.6 is 24.0 Å². The van der Waals surface area contributed by atoms with Crippen molar-refractivity contribution in [2.24, 2.45) is 11.1 Å². The number of amides is 1. The van der Waals surface area contributed by atoms with Gasteiger partial charge in [0.15, 0.2) is 0 Å². The summed E-state index contributed by atoms with van der Waals surface area (Å²) in [7, 11) is 0. The number of thiocarbonyl (C=S) groups is 1. The number of hydrogen-bond donors (Lipinski definition) is 2. The summed E-state index contributed by atoms with van der Waals surface area (Å²) in [4.78, 5) is 12.7. The van der Waals surface area contributed by atoms with E-state index in [1.165, 1.54) is 0 Å². The molecule has 0 heterocycles. The highest BCUT2D eigenvalue weighted by molar-refractivity contribution is 8.00. The Bertz CT molecular complexity index is 315. The van der Waals surface area contributed by atoms with Crippen LogP contribution in [0.5, 0.6) is 0 Å². The molecule has 3 nitrogen and oxygen atoms in total. The molecule has 0 radical (unpaired) electrons. The number of carbonyl (C=O) groups is 1. The Morgan fingerprint density at radius 2 is 2.00 bits per heavy atom. The molecule has 0 aromatic carbocycles. The lowest BCUT2D eigenvalue weighted by atomic mass is 9.68. The molecule has 0 saturated heterocycles. The topological polar surface area (TPSA) is 55.1 Å². The predicted molar refractivity (Wildman–Crippen MR) is 82.9 cm³/mol. The monoisotopic (exact) mass is 288 g/mol. The average molecular weight is 288 g/mol. The molecule has 0 bridgehead atoms. The quantitative estimate of drug-likeness (QED) is 0.707. The molecule has 0 aliphatic heterocycles. The maximum absolute atomic E-state index is 12.3. The van der Waals surface area contributed by atoms with Crippen LogP contribution in [-0.4, -0.2) is 28.4 Å². The highest BCUT2D eigenvalue weighted by Crippen LogP contribution is 2.41. The van der Waals surface area contributed by atoms with E-state index in [1.54, 1.807) is 0 Å². The molecule has 1 aliphatic carbocycles. The zero-order chi connectivity index (χ0) is 13.8. The minimum absolute atomic E-state index is 0.0292. The van der Waals surface area contributed by atoms with Crippen molar-refractivity contribution >= 4 is 34.9 Å². The van der Waals surface area contributed by atoms with Crippen molar-refractivity contribution in [2.45, 2.75) is 50.7 Å². The smallest absolute Gasteiger partial charge is 0.233 e. The van der Waals surface area contributed by atoms with Gasteiger partial charge in [-0.2, -0.15) is 11.8 Å². The first-order valence-corrected chi connectivity index (χ1v) is 8.23. The van der Waals surface area contributed by atoms with Gasteiger partial charge in [0.05, 0.1) is 10.4 Å². The van der Waals surface area contributed by atoms with Gasteiger partial charge in [0.2, 0.25) is 5.91 Å². The van der Waals surface area contributed by atoms with E-state index in [9.17, 15) is 4.79 Å². The van der Waals surface area contributed by atoms with Crippen LogP contribution in [0.1, 0.15) is 46.0 Å². The van der Waals surface area contributed by atoms with Gasteiger partial charge < -0.3 is 11.1 Å². The minimum Gasteiger partial charge on any atom is -0.392 e. The molecule has 0 unspecified atom stereocenters. The number of nitrogens with two attached hydrogens (primary N) is 1. The molecular weight excluding hydrogens is 264 g/mol. The molecule has 0 atom stereocenters. The number of thioether (sulfide) groups is 1. The Morgan fingerprint density at radius 1 is 1.44 bits per heavy atom. The van der Waals surface area contributed by atoms with Gasteiger partial charge in [-0.25, -0.2) is 0 Å². The van der Waals surface area contributed by atoms with E-state index in [4.69, 9.17) is 18.0 Å². The molecule has 1 amide bonds. The molecule has 0 aromatic rings. The number of carbonyl (C=O) groups excluding carboxylic acids is 1. The van der Waals surface area contributed by atoms with Gasteiger partial charge in [-0.1, -0.05) is 32.5 Å². The highest BCUT2D eigenvalue weighted by Gasteiger charge is 2.47. The Balaban J connectivity index is 2.63.